The molecule has 1 heterocycles. The molecule has 7 heteroatoms. The fourth-order valence-corrected chi connectivity index (χ4v) is 1.91. The molecule has 1 aromatic carbocycles. The van der Waals surface area contributed by atoms with E-state index in [1.165, 1.54) is 24.3 Å². The Balaban J connectivity index is 2.15. The van der Waals surface area contributed by atoms with Crippen LogP contribution in [0.2, 0.25) is 0 Å². The highest BCUT2D eigenvalue weighted by Gasteiger charge is 2.57. The number of carbonyl (C=O) groups excluding carboxylic acids is 2. The van der Waals surface area contributed by atoms with Crippen molar-refractivity contribution in [3.05, 3.63) is 30.1 Å². The number of ketones is 1. The monoisotopic (exact) mass is 297 g/mol. The summed E-state index contributed by atoms with van der Waals surface area (Å²) in [5.74, 6) is -2.25. The molecular weight excluding hydrogens is 281 g/mol. The predicted octanol–water partition coefficient (Wildman–Crippen LogP) is 0.847. The van der Waals surface area contributed by atoms with Gasteiger partial charge in [0.1, 0.15) is 12.4 Å². The standard InChI is InChI=1S/C14H16FNO5/c1-2-7-20-13(18)14(19)11(17)8-21-12(14)16-10-5-3-9(15)4-6-10/h3-6,12,16,19H,2,7-8H2,1H3. The SMILES string of the molecule is CCCOC(=O)C1(O)C(=O)COC1Nc1ccc(F)cc1. The lowest BCUT2D eigenvalue weighted by Gasteiger charge is -2.26. The average Bonchev–Trinajstić information content (AvgIpc) is 2.76. The van der Waals surface area contributed by atoms with Crippen LogP contribution in [0.15, 0.2) is 24.3 Å². The average molecular weight is 297 g/mol. The third kappa shape index (κ3) is 3.03. The largest absolute Gasteiger partial charge is 0.463 e. The van der Waals surface area contributed by atoms with Gasteiger partial charge in [-0.3, -0.25) is 4.79 Å². The summed E-state index contributed by atoms with van der Waals surface area (Å²) in [6.45, 7) is 1.48. The quantitative estimate of drug-likeness (QED) is 0.619. The van der Waals surface area contributed by atoms with Crippen molar-refractivity contribution in [1.82, 2.24) is 0 Å². The third-order valence-corrected chi connectivity index (χ3v) is 3.08. The number of hydrogen-bond acceptors (Lipinski definition) is 6. The van der Waals surface area contributed by atoms with E-state index >= 15 is 0 Å². The van der Waals surface area contributed by atoms with Gasteiger partial charge in [0.15, 0.2) is 6.23 Å². The van der Waals surface area contributed by atoms with E-state index in [0.717, 1.165) is 0 Å². The van der Waals surface area contributed by atoms with E-state index in [9.17, 15) is 19.1 Å². The van der Waals surface area contributed by atoms with Crippen molar-refractivity contribution in [2.75, 3.05) is 18.5 Å². The van der Waals surface area contributed by atoms with Crippen molar-refractivity contribution in [3.8, 4) is 0 Å². The molecule has 114 valence electrons. The summed E-state index contributed by atoms with van der Waals surface area (Å²) in [5.41, 5.74) is -2.00. The van der Waals surface area contributed by atoms with E-state index in [0.29, 0.717) is 12.1 Å². The van der Waals surface area contributed by atoms with Gasteiger partial charge in [0, 0.05) is 5.69 Å². The van der Waals surface area contributed by atoms with Crippen molar-refractivity contribution in [2.24, 2.45) is 0 Å². The number of carbonyl (C=O) groups is 2. The minimum Gasteiger partial charge on any atom is -0.463 e. The Morgan fingerprint density at radius 3 is 2.81 bits per heavy atom. The fraction of sp³-hybridized carbons (Fsp3) is 0.429. The van der Waals surface area contributed by atoms with Crippen LogP contribution in [-0.2, 0) is 19.1 Å². The molecule has 1 aliphatic heterocycles. The molecule has 0 aromatic heterocycles. The molecule has 0 bridgehead atoms. The van der Waals surface area contributed by atoms with E-state index in [-0.39, 0.29) is 6.61 Å². The number of esters is 1. The fourth-order valence-electron chi connectivity index (χ4n) is 1.91. The molecule has 6 nitrogen and oxygen atoms in total. The Bertz CT molecular complexity index is 533. The highest BCUT2D eigenvalue weighted by atomic mass is 19.1. The van der Waals surface area contributed by atoms with Gasteiger partial charge in [0.2, 0.25) is 5.78 Å². The summed E-state index contributed by atoms with van der Waals surface area (Å²) in [5, 5.41) is 13.0. The highest BCUT2D eigenvalue weighted by Crippen LogP contribution is 2.26. The van der Waals surface area contributed by atoms with Crippen LogP contribution in [0.25, 0.3) is 0 Å². The van der Waals surface area contributed by atoms with E-state index in [2.05, 4.69) is 5.32 Å². The first-order valence-corrected chi connectivity index (χ1v) is 6.55. The molecule has 0 saturated carbocycles. The van der Waals surface area contributed by atoms with Crippen molar-refractivity contribution in [2.45, 2.75) is 25.2 Å². The van der Waals surface area contributed by atoms with Crippen molar-refractivity contribution in [3.63, 3.8) is 0 Å². The second-order valence-electron chi connectivity index (χ2n) is 4.67. The molecule has 0 aliphatic carbocycles. The highest BCUT2D eigenvalue weighted by molar-refractivity contribution is 6.10. The lowest BCUT2D eigenvalue weighted by atomic mass is 9.99. The Kier molecular flexibility index (Phi) is 4.54. The number of rotatable bonds is 5. The number of Topliss-reactive ketones (excluding diaryl/α,β-unsaturated/α-hetero) is 1. The van der Waals surface area contributed by atoms with Gasteiger partial charge >= 0.3 is 5.97 Å². The first kappa shape index (κ1) is 15.4. The molecule has 1 saturated heterocycles. The zero-order valence-electron chi connectivity index (χ0n) is 11.5. The summed E-state index contributed by atoms with van der Waals surface area (Å²) in [4.78, 5) is 23.7. The summed E-state index contributed by atoms with van der Waals surface area (Å²) < 4.78 is 22.8. The summed E-state index contributed by atoms with van der Waals surface area (Å²) in [6.07, 6.45) is -0.716. The van der Waals surface area contributed by atoms with Gasteiger partial charge in [0.25, 0.3) is 5.60 Å². The molecule has 21 heavy (non-hydrogen) atoms. The van der Waals surface area contributed by atoms with Crippen LogP contribution >= 0.6 is 0 Å². The number of ether oxygens (including phenoxy) is 2. The first-order valence-electron chi connectivity index (χ1n) is 6.55. The molecular formula is C14H16FNO5. The van der Waals surface area contributed by atoms with Crippen LogP contribution in [0.3, 0.4) is 0 Å². The van der Waals surface area contributed by atoms with Gasteiger partial charge in [-0.05, 0) is 30.7 Å². The Hall–Kier alpha value is -1.99. The second kappa shape index (κ2) is 6.19. The van der Waals surface area contributed by atoms with Gasteiger partial charge in [-0.15, -0.1) is 0 Å². The van der Waals surface area contributed by atoms with E-state index in [1.807, 2.05) is 0 Å². The predicted molar refractivity (Wildman–Crippen MR) is 71.0 cm³/mol. The zero-order valence-corrected chi connectivity index (χ0v) is 11.5. The van der Waals surface area contributed by atoms with Crippen LogP contribution in [0.5, 0.6) is 0 Å². The number of benzene rings is 1. The maximum absolute atomic E-state index is 12.8. The molecule has 2 unspecified atom stereocenters. The maximum atomic E-state index is 12.8. The number of halogens is 1. The maximum Gasteiger partial charge on any atom is 0.351 e. The van der Waals surface area contributed by atoms with Crippen LogP contribution in [0.4, 0.5) is 10.1 Å². The zero-order chi connectivity index (χ0) is 15.5. The van der Waals surface area contributed by atoms with E-state index in [1.54, 1.807) is 6.92 Å². The van der Waals surface area contributed by atoms with Gasteiger partial charge < -0.3 is 19.9 Å². The van der Waals surface area contributed by atoms with E-state index in [4.69, 9.17) is 9.47 Å². The van der Waals surface area contributed by atoms with Gasteiger partial charge in [-0.25, -0.2) is 9.18 Å². The lowest BCUT2D eigenvalue weighted by Crippen LogP contribution is -2.55. The molecule has 2 rings (SSSR count). The number of nitrogens with one attached hydrogen (secondary N) is 1. The van der Waals surface area contributed by atoms with Gasteiger partial charge in [-0.1, -0.05) is 6.92 Å². The van der Waals surface area contributed by atoms with Gasteiger partial charge in [0.05, 0.1) is 6.61 Å². The molecule has 2 N–H and O–H groups in total. The molecule has 0 spiro atoms. The van der Waals surface area contributed by atoms with Crippen molar-refractivity contribution < 1.29 is 28.6 Å². The van der Waals surface area contributed by atoms with Gasteiger partial charge in [-0.2, -0.15) is 0 Å². The number of aliphatic hydroxyl groups is 1. The van der Waals surface area contributed by atoms with Crippen molar-refractivity contribution in [1.29, 1.82) is 0 Å². The lowest BCUT2D eigenvalue weighted by molar-refractivity contribution is -0.172. The molecule has 1 aliphatic rings. The van der Waals surface area contributed by atoms with E-state index < -0.39 is 36.0 Å². The molecule has 1 fully saturated rings. The first-order chi connectivity index (χ1) is 9.98. The van der Waals surface area contributed by atoms with Crippen LogP contribution in [0.1, 0.15) is 13.3 Å². The number of anilines is 1. The Morgan fingerprint density at radius 2 is 2.19 bits per heavy atom. The Morgan fingerprint density at radius 1 is 1.52 bits per heavy atom. The molecule has 0 amide bonds. The summed E-state index contributed by atoms with van der Waals surface area (Å²) in [7, 11) is 0. The minimum absolute atomic E-state index is 0.0949. The number of hydrogen-bond donors (Lipinski definition) is 2. The minimum atomic E-state index is -2.40. The van der Waals surface area contributed by atoms with Crippen LogP contribution < -0.4 is 5.32 Å². The second-order valence-corrected chi connectivity index (χ2v) is 4.67. The topological polar surface area (TPSA) is 84.9 Å². The molecule has 1 aromatic rings. The summed E-state index contributed by atoms with van der Waals surface area (Å²) in [6, 6.07) is 5.21. The third-order valence-electron chi connectivity index (χ3n) is 3.08. The smallest absolute Gasteiger partial charge is 0.351 e. The van der Waals surface area contributed by atoms with Crippen LogP contribution in [0, 0.1) is 5.82 Å². The normalized spacial score (nSPS) is 24.9. The Labute approximate surface area is 120 Å². The van der Waals surface area contributed by atoms with Crippen LogP contribution in [-0.4, -0.2) is 41.9 Å². The molecule has 0 radical (unpaired) electrons. The summed E-state index contributed by atoms with van der Waals surface area (Å²) >= 11 is 0. The van der Waals surface area contributed by atoms with Crippen molar-refractivity contribution >= 4 is 17.4 Å². The molecule has 2 atom stereocenters.